The molecule has 0 unspecified atom stereocenters. The van der Waals surface area contributed by atoms with E-state index in [-0.39, 0.29) is 23.5 Å². The van der Waals surface area contributed by atoms with Crippen LogP contribution < -0.4 is 5.32 Å². The molecule has 27 heavy (non-hydrogen) atoms. The number of carbonyl (C=O) groups is 1. The van der Waals surface area contributed by atoms with Crippen molar-refractivity contribution in [3.63, 3.8) is 0 Å². The Morgan fingerprint density at radius 3 is 2.52 bits per heavy atom. The molecule has 0 saturated carbocycles. The highest BCUT2D eigenvalue weighted by atomic mass is 79.9. The summed E-state index contributed by atoms with van der Waals surface area (Å²) in [5.41, 5.74) is 4.31. The number of benzene rings is 2. The van der Waals surface area contributed by atoms with E-state index in [0.29, 0.717) is 0 Å². The standard InChI is InChI=1S/C23H28BrNO2/c1-5-6-7-16-8-13-20-19(14-16)22(27-15(2)26)23(3,4)21(25-20)17-9-11-18(24)12-10-17/h8-14,21-22,25H,5-7H2,1-4H3/t21-,22+/m1/s1. The molecule has 4 heteroatoms. The van der Waals surface area contributed by atoms with E-state index >= 15 is 0 Å². The van der Waals surface area contributed by atoms with E-state index in [4.69, 9.17) is 4.74 Å². The molecule has 0 saturated heterocycles. The van der Waals surface area contributed by atoms with E-state index < -0.39 is 0 Å². The first-order valence-corrected chi connectivity index (χ1v) is 10.4. The van der Waals surface area contributed by atoms with Gasteiger partial charge >= 0.3 is 5.97 Å². The lowest BCUT2D eigenvalue weighted by Crippen LogP contribution is -2.40. The van der Waals surface area contributed by atoms with Crippen molar-refractivity contribution in [3.8, 4) is 0 Å². The molecule has 2 aromatic rings. The number of nitrogens with one attached hydrogen (secondary N) is 1. The number of hydrogen-bond acceptors (Lipinski definition) is 3. The molecule has 0 bridgehead atoms. The van der Waals surface area contributed by atoms with Crippen molar-refractivity contribution in [1.82, 2.24) is 0 Å². The molecule has 2 aromatic carbocycles. The second-order valence-corrected chi connectivity index (χ2v) is 8.88. The van der Waals surface area contributed by atoms with E-state index in [1.54, 1.807) is 0 Å². The Labute approximate surface area is 170 Å². The van der Waals surface area contributed by atoms with Gasteiger partial charge in [-0.25, -0.2) is 0 Å². The summed E-state index contributed by atoms with van der Waals surface area (Å²) in [4.78, 5) is 11.9. The fourth-order valence-electron chi connectivity index (χ4n) is 3.94. The molecular weight excluding hydrogens is 402 g/mol. The molecular formula is C23H28BrNO2. The minimum atomic E-state index is -0.296. The van der Waals surface area contributed by atoms with Crippen molar-refractivity contribution in [2.45, 2.75) is 59.1 Å². The quantitative estimate of drug-likeness (QED) is 0.544. The number of ether oxygens (including phenoxy) is 1. The van der Waals surface area contributed by atoms with E-state index in [2.05, 4.69) is 84.5 Å². The minimum Gasteiger partial charge on any atom is -0.457 e. The lowest BCUT2D eigenvalue weighted by molar-refractivity contribution is -0.154. The van der Waals surface area contributed by atoms with Gasteiger partial charge in [-0.05, 0) is 42.2 Å². The van der Waals surface area contributed by atoms with Crippen molar-refractivity contribution in [2.75, 3.05) is 5.32 Å². The van der Waals surface area contributed by atoms with Crippen molar-refractivity contribution < 1.29 is 9.53 Å². The number of carbonyl (C=O) groups excluding carboxylic acids is 1. The highest BCUT2D eigenvalue weighted by Crippen LogP contribution is 2.53. The van der Waals surface area contributed by atoms with Gasteiger partial charge < -0.3 is 10.1 Å². The summed E-state index contributed by atoms with van der Waals surface area (Å²) in [6.45, 7) is 8.03. The zero-order chi connectivity index (χ0) is 19.6. The maximum atomic E-state index is 11.9. The van der Waals surface area contributed by atoms with Gasteiger partial charge in [0.2, 0.25) is 0 Å². The van der Waals surface area contributed by atoms with Crippen LogP contribution in [-0.4, -0.2) is 5.97 Å². The van der Waals surface area contributed by atoms with Crippen LogP contribution in [-0.2, 0) is 16.0 Å². The molecule has 3 rings (SSSR count). The van der Waals surface area contributed by atoms with Crippen LogP contribution in [0.4, 0.5) is 5.69 Å². The summed E-state index contributed by atoms with van der Waals surface area (Å²) in [5, 5.41) is 3.70. The average molecular weight is 430 g/mol. The van der Waals surface area contributed by atoms with E-state index in [1.165, 1.54) is 24.5 Å². The minimum absolute atomic E-state index is 0.0453. The highest BCUT2D eigenvalue weighted by molar-refractivity contribution is 9.10. The van der Waals surface area contributed by atoms with Gasteiger partial charge in [0.25, 0.3) is 0 Å². The van der Waals surface area contributed by atoms with Crippen LogP contribution in [0, 0.1) is 5.41 Å². The number of hydrogen-bond donors (Lipinski definition) is 1. The van der Waals surface area contributed by atoms with Crippen LogP contribution in [0.15, 0.2) is 46.9 Å². The number of unbranched alkanes of at least 4 members (excludes halogenated alkanes) is 1. The molecule has 1 N–H and O–H groups in total. The van der Waals surface area contributed by atoms with Gasteiger partial charge in [0, 0.05) is 28.1 Å². The van der Waals surface area contributed by atoms with Gasteiger partial charge in [-0.2, -0.15) is 0 Å². The summed E-state index contributed by atoms with van der Waals surface area (Å²) in [6.07, 6.45) is 3.09. The molecule has 0 spiro atoms. The Hall–Kier alpha value is -1.81. The van der Waals surface area contributed by atoms with Crippen molar-refractivity contribution in [3.05, 3.63) is 63.6 Å². The average Bonchev–Trinajstić information content (AvgIpc) is 2.63. The Morgan fingerprint density at radius 2 is 1.89 bits per heavy atom. The van der Waals surface area contributed by atoms with Gasteiger partial charge in [-0.3, -0.25) is 4.79 Å². The van der Waals surface area contributed by atoms with Gasteiger partial charge in [-0.1, -0.05) is 67.4 Å². The van der Waals surface area contributed by atoms with Gasteiger partial charge in [0.15, 0.2) is 0 Å². The SMILES string of the molecule is CCCCc1ccc2c(c1)[C@H](OC(C)=O)C(C)(C)[C@@H](c1ccc(Br)cc1)N2. The van der Waals surface area contributed by atoms with Gasteiger partial charge in [-0.15, -0.1) is 0 Å². The molecule has 0 aromatic heterocycles. The third-order valence-electron chi connectivity index (χ3n) is 5.42. The number of rotatable bonds is 5. The highest BCUT2D eigenvalue weighted by Gasteiger charge is 2.46. The zero-order valence-corrected chi connectivity index (χ0v) is 18.1. The van der Waals surface area contributed by atoms with Crippen LogP contribution in [0.2, 0.25) is 0 Å². The number of esters is 1. The van der Waals surface area contributed by atoms with Gasteiger partial charge in [0.1, 0.15) is 6.10 Å². The smallest absolute Gasteiger partial charge is 0.303 e. The Balaban J connectivity index is 2.05. The lowest BCUT2D eigenvalue weighted by Gasteiger charge is -2.46. The molecule has 1 heterocycles. The van der Waals surface area contributed by atoms with Gasteiger partial charge in [0.05, 0.1) is 6.04 Å². The van der Waals surface area contributed by atoms with Crippen LogP contribution >= 0.6 is 15.9 Å². The predicted octanol–water partition coefficient (Wildman–Crippen LogP) is 6.59. The molecule has 0 fully saturated rings. The summed E-state index contributed by atoms with van der Waals surface area (Å²) in [6, 6.07) is 14.9. The first kappa shape index (κ1) is 19.9. The second-order valence-electron chi connectivity index (χ2n) is 7.96. The molecule has 0 amide bonds. The summed E-state index contributed by atoms with van der Waals surface area (Å²) < 4.78 is 6.93. The number of fused-ring (bicyclic) bond motifs is 1. The van der Waals surface area contributed by atoms with Crippen molar-refractivity contribution in [1.29, 1.82) is 0 Å². The fraction of sp³-hybridized carbons (Fsp3) is 0.435. The third-order valence-corrected chi connectivity index (χ3v) is 5.95. The molecule has 2 atom stereocenters. The summed E-state index contributed by atoms with van der Waals surface area (Å²) >= 11 is 3.51. The zero-order valence-electron chi connectivity index (χ0n) is 16.5. The van der Waals surface area contributed by atoms with Crippen LogP contribution in [0.25, 0.3) is 0 Å². The van der Waals surface area contributed by atoms with Crippen LogP contribution in [0.3, 0.4) is 0 Å². The van der Waals surface area contributed by atoms with Crippen LogP contribution in [0.5, 0.6) is 0 Å². The maximum Gasteiger partial charge on any atom is 0.303 e. The Bertz CT molecular complexity index is 814. The third kappa shape index (κ3) is 4.21. The molecule has 3 nitrogen and oxygen atoms in total. The molecule has 0 aliphatic carbocycles. The first-order valence-electron chi connectivity index (χ1n) is 9.65. The Kier molecular flexibility index (Phi) is 5.95. The largest absolute Gasteiger partial charge is 0.457 e. The number of anilines is 1. The van der Waals surface area contributed by atoms with E-state index in [9.17, 15) is 4.79 Å². The normalized spacial score (nSPS) is 20.5. The molecule has 1 aliphatic rings. The van der Waals surface area contributed by atoms with E-state index in [0.717, 1.165) is 28.6 Å². The number of halogens is 1. The first-order chi connectivity index (χ1) is 12.8. The Morgan fingerprint density at radius 1 is 1.19 bits per heavy atom. The van der Waals surface area contributed by atoms with Crippen LogP contribution in [0.1, 0.15) is 69.4 Å². The summed E-state index contributed by atoms with van der Waals surface area (Å²) in [5.74, 6) is -0.241. The molecule has 144 valence electrons. The maximum absolute atomic E-state index is 11.9. The topological polar surface area (TPSA) is 38.3 Å². The van der Waals surface area contributed by atoms with Crippen molar-refractivity contribution >= 4 is 27.6 Å². The van der Waals surface area contributed by atoms with Crippen molar-refractivity contribution in [2.24, 2.45) is 5.41 Å². The fourth-order valence-corrected chi connectivity index (χ4v) is 4.20. The monoisotopic (exact) mass is 429 g/mol. The molecule has 1 aliphatic heterocycles. The predicted molar refractivity (Wildman–Crippen MR) is 114 cm³/mol. The number of aryl methyl sites for hydroxylation is 1. The summed E-state index contributed by atoms with van der Waals surface area (Å²) in [7, 11) is 0. The molecule has 0 radical (unpaired) electrons. The van der Waals surface area contributed by atoms with E-state index in [1.807, 2.05) is 0 Å². The lowest BCUT2D eigenvalue weighted by atomic mass is 9.70. The second kappa shape index (κ2) is 8.05.